The fourth-order valence-corrected chi connectivity index (χ4v) is 4.00. The SMILES string of the molecule is CCC1c2ccsc2CCN1C(=O)C1=NN(C)C(=O)CC1. The highest BCUT2D eigenvalue weighted by Gasteiger charge is 2.33. The highest BCUT2D eigenvalue weighted by molar-refractivity contribution is 7.10. The molecule has 5 nitrogen and oxygen atoms in total. The van der Waals surface area contributed by atoms with Gasteiger partial charge in [-0.3, -0.25) is 9.59 Å². The van der Waals surface area contributed by atoms with E-state index in [1.165, 1.54) is 15.4 Å². The van der Waals surface area contributed by atoms with Crippen molar-refractivity contribution >= 4 is 28.9 Å². The molecule has 2 aliphatic rings. The molecule has 0 saturated carbocycles. The summed E-state index contributed by atoms with van der Waals surface area (Å²) in [6.07, 6.45) is 2.63. The largest absolute Gasteiger partial charge is 0.330 e. The molecule has 3 heterocycles. The van der Waals surface area contributed by atoms with Crippen LogP contribution in [-0.2, 0) is 16.0 Å². The lowest BCUT2D eigenvalue weighted by Crippen LogP contribution is -2.45. The summed E-state index contributed by atoms with van der Waals surface area (Å²) < 4.78 is 0. The highest BCUT2D eigenvalue weighted by atomic mass is 32.1. The zero-order valence-corrected chi connectivity index (χ0v) is 13.2. The molecule has 1 aromatic heterocycles. The summed E-state index contributed by atoms with van der Waals surface area (Å²) in [5, 5.41) is 7.55. The molecular weight excluding hydrogens is 286 g/mol. The third-order valence-electron chi connectivity index (χ3n) is 4.20. The molecule has 6 heteroatoms. The van der Waals surface area contributed by atoms with Crippen molar-refractivity contribution in [3.05, 3.63) is 21.9 Å². The van der Waals surface area contributed by atoms with Gasteiger partial charge in [-0.25, -0.2) is 5.01 Å². The van der Waals surface area contributed by atoms with Crippen LogP contribution >= 0.6 is 11.3 Å². The van der Waals surface area contributed by atoms with Gasteiger partial charge in [0.25, 0.3) is 5.91 Å². The molecule has 0 bridgehead atoms. The minimum atomic E-state index is -0.0302. The average molecular weight is 305 g/mol. The Balaban J connectivity index is 1.85. The molecule has 1 atom stereocenters. The van der Waals surface area contributed by atoms with E-state index in [2.05, 4.69) is 23.5 Å². The number of amides is 2. The van der Waals surface area contributed by atoms with Gasteiger partial charge in [-0.2, -0.15) is 5.10 Å². The van der Waals surface area contributed by atoms with Crippen LogP contribution in [0.25, 0.3) is 0 Å². The molecule has 1 unspecified atom stereocenters. The van der Waals surface area contributed by atoms with Crippen molar-refractivity contribution in [1.82, 2.24) is 9.91 Å². The van der Waals surface area contributed by atoms with E-state index in [0.29, 0.717) is 18.6 Å². The van der Waals surface area contributed by atoms with Crippen LogP contribution in [0, 0.1) is 0 Å². The zero-order chi connectivity index (χ0) is 15.0. The van der Waals surface area contributed by atoms with Gasteiger partial charge in [0.05, 0.1) is 6.04 Å². The molecule has 0 aliphatic carbocycles. The molecule has 0 N–H and O–H groups in total. The molecule has 0 aromatic carbocycles. The van der Waals surface area contributed by atoms with Crippen molar-refractivity contribution in [1.29, 1.82) is 0 Å². The van der Waals surface area contributed by atoms with Crippen molar-refractivity contribution in [2.45, 2.75) is 38.6 Å². The third-order valence-corrected chi connectivity index (χ3v) is 5.19. The summed E-state index contributed by atoms with van der Waals surface area (Å²) in [5.41, 5.74) is 1.79. The van der Waals surface area contributed by atoms with E-state index in [1.807, 2.05) is 4.90 Å². The van der Waals surface area contributed by atoms with Crippen molar-refractivity contribution in [2.24, 2.45) is 5.10 Å². The Morgan fingerprint density at radius 3 is 2.95 bits per heavy atom. The van der Waals surface area contributed by atoms with Gasteiger partial charge >= 0.3 is 0 Å². The quantitative estimate of drug-likeness (QED) is 0.841. The molecular formula is C15H19N3O2S. The Morgan fingerprint density at radius 2 is 2.24 bits per heavy atom. The van der Waals surface area contributed by atoms with Crippen molar-refractivity contribution in [3.63, 3.8) is 0 Å². The predicted molar refractivity (Wildman–Crippen MR) is 82.2 cm³/mol. The maximum atomic E-state index is 12.8. The summed E-state index contributed by atoms with van der Waals surface area (Å²) in [6, 6.07) is 2.27. The number of carbonyl (C=O) groups is 2. The van der Waals surface area contributed by atoms with Gasteiger partial charge in [-0.05, 0) is 29.9 Å². The van der Waals surface area contributed by atoms with E-state index >= 15 is 0 Å². The van der Waals surface area contributed by atoms with Crippen LogP contribution in [0.15, 0.2) is 16.5 Å². The summed E-state index contributed by atoms with van der Waals surface area (Å²) in [7, 11) is 1.61. The van der Waals surface area contributed by atoms with Gasteiger partial charge in [-0.15, -0.1) is 11.3 Å². The normalized spacial score (nSPS) is 22.1. The lowest BCUT2D eigenvalue weighted by molar-refractivity contribution is -0.131. The molecule has 0 fully saturated rings. The molecule has 1 aromatic rings. The number of hydrazone groups is 1. The van der Waals surface area contributed by atoms with Crippen LogP contribution in [0.2, 0.25) is 0 Å². The van der Waals surface area contributed by atoms with Gasteiger partial charge in [0.15, 0.2) is 0 Å². The Hall–Kier alpha value is -1.69. The van der Waals surface area contributed by atoms with Gasteiger partial charge in [0, 0.05) is 31.3 Å². The van der Waals surface area contributed by atoms with Gasteiger partial charge in [-0.1, -0.05) is 6.92 Å². The summed E-state index contributed by atoms with van der Waals surface area (Å²) in [6.45, 7) is 2.84. The van der Waals surface area contributed by atoms with E-state index in [0.717, 1.165) is 19.4 Å². The first-order valence-corrected chi connectivity index (χ1v) is 8.21. The Kier molecular flexibility index (Phi) is 3.80. The average Bonchev–Trinajstić information content (AvgIpc) is 2.96. The second kappa shape index (κ2) is 5.60. The van der Waals surface area contributed by atoms with Crippen molar-refractivity contribution < 1.29 is 9.59 Å². The molecule has 2 aliphatic heterocycles. The number of fused-ring (bicyclic) bond motifs is 1. The number of thiophene rings is 1. The second-order valence-electron chi connectivity index (χ2n) is 5.44. The van der Waals surface area contributed by atoms with E-state index in [1.54, 1.807) is 18.4 Å². The van der Waals surface area contributed by atoms with Gasteiger partial charge < -0.3 is 4.90 Å². The molecule has 112 valence electrons. The summed E-state index contributed by atoms with van der Waals surface area (Å²) in [4.78, 5) is 27.6. The molecule has 21 heavy (non-hydrogen) atoms. The number of hydrogen-bond acceptors (Lipinski definition) is 4. The number of carbonyl (C=O) groups excluding carboxylic acids is 2. The highest BCUT2D eigenvalue weighted by Crippen LogP contribution is 2.35. The molecule has 0 radical (unpaired) electrons. The fraction of sp³-hybridized carbons (Fsp3) is 0.533. The van der Waals surface area contributed by atoms with Crippen LogP contribution in [0.3, 0.4) is 0 Å². The maximum absolute atomic E-state index is 12.8. The molecule has 0 spiro atoms. The minimum Gasteiger partial charge on any atom is -0.330 e. The van der Waals surface area contributed by atoms with E-state index < -0.39 is 0 Å². The number of rotatable bonds is 2. The topological polar surface area (TPSA) is 53.0 Å². The van der Waals surface area contributed by atoms with Crippen LogP contribution in [0.1, 0.15) is 42.7 Å². The smallest absolute Gasteiger partial charge is 0.270 e. The summed E-state index contributed by atoms with van der Waals surface area (Å²) in [5.74, 6) is -0.0459. The van der Waals surface area contributed by atoms with Crippen LogP contribution in [0.5, 0.6) is 0 Å². The van der Waals surface area contributed by atoms with Gasteiger partial charge in [0.2, 0.25) is 5.91 Å². The zero-order valence-electron chi connectivity index (χ0n) is 12.3. The first-order valence-electron chi connectivity index (χ1n) is 7.33. The van der Waals surface area contributed by atoms with Gasteiger partial charge in [0.1, 0.15) is 5.71 Å². The Labute approximate surface area is 128 Å². The standard InChI is InChI=1S/C15H19N3O2S/c1-3-12-10-7-9-21-13(10)6-8-18(12)15(20)11-4-5-14(19)17(2)16-11/h7,9,12H,3-6,8H2,1-2H3. The fourth-order valence-electron chi connectivity index (χ4n) is 3.07. The molecule has 0 saturated heterocycles. The van der Waals surface area contributed by atoms with Crippen LogP contribution < -0.4 is 0 Å². The lowest BCUT2D eigenvalue weighted by Gasteiger charge is -2.36. The number of hydrogen-bond donors (Lipinski definition) is 0. The van der Waals surface area contributed by atoms with Crippen LogP contribution in [0.4, 0.5) is 0 Å². The Morgan fingerprint density at radius 1 is 1.43 bits per heavy atom. The summed E-state index contributed by atoms with van der Waals surface area (Å²) >= 11 is 1.77. The van der Waals surface area contributed by atoms with Crippen molar-refractivity contribution in [3.8, 4) is 0 Å². The maximum Gasteiger partial charge on any atom is 0.270 e. The van der Waals surface area contributed by atoms with E-state index in [4.69, 9.17) is 0 Å². The van der Waals surface area contributed by atoms with Crippen molar-refractivity contribution in [2.75, 3.05) is 13.6 Å². The first kappa shape index (κ1) is 14.3. The predicted octanol–water partition coefficient (Wildman–Crippen LogP) is 2.19. The van der Waals surface area contributed by atoms with E-state index in [9.17, 15) is 9.59 Å². The Bertz CT molecular complexity index is 608. The molecule has 2 amide bonds. The van der Waals surface area contributed by atoms with E-state index in [-0.39, 0.29) is 17.9 Å². The lowest BCUT2D eigenvalue weighted by atomic mass is 9.96. The second-order valence-corrected chi connectivity index (χ2v) is 6.44. The monoisotopic (exact) mass is 305 g/mol. The van der Waals surface area contributed by atoms with Crippen LogP contribution in [-0.4, -0.2) is 41.0 Å². The first-order chi connectivity index (χ1) is 10.1. The molecule has 3 rings (SSSR count). The third kappa shape index (κ3) is 2.48. The minimum absolute atomic E-state index is 0.0157. The number of nitrogens with zero attached hydrogens (tertiary/aromatic N) is 3.